The summed E-state index contributed by atoms with van der Waals surface area (Å²) in [5.74, 6) is -0.241. The Morgan fingerprint density at radius 3 is 2.33 bits per heavy atom. The van der Waals surface area contributed by atoms with E-state index < -0.39 is 6.04 Å². The van der Waals surface area contributed by atoms with E-state index in [4.69, 9.17) is 23.2 Å². The van der Waals surface area contributed by atoms with E-state index in [-0.39, 0.29) is 18.4 Å². The molecule has 3 rings (SSSR count). The number of unbranched alkanes of at least 4 members (excludes halogenated alkanes) is 1. The minimum atomic E-state index is -0.665. The van der Waals surface area contributed by atoms with Crippen molar-refractivity contribution in [2.45, 2.75) is 58.5 Å². The fraction of sp³-hybridized carbons (Fsp3) is 0.333. The summed E-state index contributed by atoms with van der Waals surface area (Å²) < 4.78 is 0. The number of carbonyl (C=O) groups excluding carboxylic acids is 2. The maximum absolute atomic E-state index is 13.7. The second-order valence-corrected chi connectivity index (χ2v) is 9.94. The minimum absolute atomic E-state index is 0.0897. The first-order chi connectivity index (χ1) is 17.4. The Hall–Kier alpha value is -2.82. The molecule has 0 aromatic heterocycles. The van der Waals surface area contributed by atoms with Gasteiger partial charge in [-0.25, -0.2) is 0 Å². The van der Waals surface area contributed by atoms with E-state index in [1.54, 1.807) is 17.0 Å². The van der Waals surface area contributed by atoms with E-state index in [2.05, 4.69) is 12.2 Å². The second kappa shape index (κ2) is 14.1. The molecule has 0 heterocycles. The van der Waals surface area contributed by atoms with Crippen LogP contribution in [0.5, 0.6) is 0 Å². The molecule has 3 aromatic rings. The molecule has 0 fully saturated rings. The molecule has 4 nitrogen and oxygen atoms in total. The Balaban J connectivity index is 1.90. The third-order valence-electron chi connectivity index (χ3n) is 6.20. The number of hydrogen-bond donors (Lipinski definition) is 1. The summed E-state index contributed by atoms with van der Waals surface area (Å²) >= 11 is 12.6. The molecule has 6 heteroatoms. The van der Waals surface area contributed by atoms with Crippen LogP contribution in [0.25, 0.3) is 0 Å². The number of amides is 2. The molecule has 0 saturated carbocycles. The van der Waals surface area contributed by atoms with Crippen LogP contribution < -0.4 is 5.32 Å². The maximum Gasteiger partial charge on any atom is 0.243 e. The number of hydrogen-bond acceptors (Lipinski definition) is 2. The van der Waals surface area contributed by atoms with Gasteiger partial charge in [0.05, 0.1) is 0 Å². The summed E-state index contributed by atoms with van der Waals surface area (Å²) in [6.45, 7) is 4.92. The molecule has 1 N–H and O–H groups in total. The molecule has 0 unspecified atom stereocenters. The van der Waals surface area contributed by atoms with Gasteiger partial charge < -0.3 is 10.2 Å². The SMILES string of the molecule is CCCCNC(=O)[C@H](Cc1ccccc1)N(Cc1ccc(Cl)cc1Cl)C(=O)CCc1ccc(C)cc1. The molecule has 0 bridgehead atoms. The lowest BCUT2D eigenvalue weighted by Crippen LogP contribution is -2.50. The highest BCUT2D eigenvalue weighted by Gasteiger charge is 2.30. The van der Waals surface area contributed by atoms with Gasteiger partial charge in [0.1, 0.15) is 6.04 Å². The number of rotatable bonds is 12. The summed E-state index contributed by atoms with van der Waals surface area (Å²) in [6.07, 6.45) is 3.17. The minimum Gasteiger partial charge on any atom is -0.354 e. The normalized spacial score (nSPS) is 11.7. The zero-order valence-electron chi connectivity index (χ0n) is 21.0. The Bertz CT molecular complexity index is 1130. The maximum atomic E-state index is 13.7. The zero-order valence-corrected chi connectivity index (χ0v) is 22.5. The standard InChI is InChI=1S/C30H34Cl2N2O2/c1-3-4-18-33-30(36)28(19-24-8-6-5-7-9-24)34(21-25-15-16-26(31)20-27(25)32)29(35)17-14-23-12-10-22(2)11-13-23/h5-13,15-16,20,28H,3-4,14,17-19,21H2,1-2H3,(H,33,36)/t28-/m0/s1. The molecular formula is C30H34Cl2N2O2. The summed E-state index contributed by atoms with van der Waals surface area (Å²) in [5, 5.41) is 4.04. The molecule has 0 saturated heterocycles. The second-order valence-electron chi connectivity index (χ2n) is 9.09. The fourth-order valence-corrected chi connectivity index (χ4v) is 4.51. The lowest BCUT2D eigenvalue weighted by Gasteiger charge is -2.32. The van der Waals surface area contributed by atoms with E-state index in [9.17, 15) is 9.59 Å². The van der Waals surface area contributed by atoms with Gasteiger partial charge in [0.15, 0.2) is 0 Å². The predicted molar refractivity (Wildman–Crippen MR) is 148 cm³/mol. The Labute approximate surface area is 224 Å². The van der Waals surface area contributed by atoms with E-state index in [0.29, 0.717) is 35.9 Å². The highest BCUT2D eigenvalue weighted by Crippen LogP contribution is 2.24. The smallest absolute Gasteiger partial charge is 0.243 e. The number of nitrogens with one attached hydrogen (secondary N) is 1. The lowest BCUT2D eigenvalue weighted by molar-refractivity contribution is -0.141. The number of benzene rings is 3. The molecular weight excluding hydrogens is 491 g/mol. The molecule has 190 valence electrons. The fourth-order valence-electron chi connectivity index (χ4n) is 4.04. The van der Waals surface area contributed by atoms with Crippen LogP contribution in [0.1, 0.15) is 48.4 Å². The van der Waals surface area contributed by atoms with Crippen molar-refractivity contribution in [3.8, 4) is 0 Å². The molecule has 0 aliphatic rings. The third kappa shape index (κ3) is 8.39. The van der Waals surface area contributed by atoms with Gasteiger partial charge in [0.25, 0.3) is 0 Å². The van der Waals surface area contributed by atoms with Gasteiger partial charge in [-0.15, -0.1) is 0 Å². The average Bonchev–Trinajstić information content (AvgIpc) is 2.87. The lowest BCUT2D eigenvalue weighted by atomic mass is 10.0. The Morgan fingerprint density at radius 2 is 1.67 bits per heavy atom. The molecule has 0 radical (unpaired) electrons. The first kappa shape index (κ1) is 27.8. The van der Waals surface area contributed by atoms with Crippen molar-refractivity contribution in [2.75, 3.05) is 6.54 Å². The van der Waals surface area contributed by atoms with Crippen LogP contribution in [0.15, 0.2) is 72.8 Å². The van der Waals surface area contributed by atoms with Crippen molar-refractivity contribution >= 4 is 35.0 Å². The quantitative estimate of drug-likeness (QED) is 0.265. The zero-order chi connectivity index (χ0) is 25.9. The van der Waals surface area contributed by atoms with E-state index in [0.717, 1.165) is 29.5 Å². The number of nitrogens with zero attached hydrogens (tertiary/aromatic N) is 1. The van der Waals surface area contributed by atoms with Gasteiger partial charge in [-0.2, -0.15) is 0 Å². The van der Waals surface area contributed by atoms with Gasteiger partial charge in [-0.1, -0.05) is 103 Å². The van der Waals surface area contributed by atoms with Crippen LogP contribution >= 0.6 is 23.2 Å². The Morgan fingerprint density at radius 1 is 0.944 bits per heavy atom. The van der Waals surface area contributed by atoms with Crippen molar-refractivity contribution in [1.82, 2.24) is 10.2 Å². The molecule has 3 aromatic carbocycles. The van der Waals surface area contributed by atoms with Gasteiger partial charge in [-0.3, -0.25) is 9.59 Å². The van der Waals surface area contributed by atoms with Crippen LogP contribution in [0, 0.1) is 6.92 Å². The molecule has 36 heavy (non-hydrogen) atoms. The molecule has 2 amide bonds. The highest BCUT2D eigenvalue weighted by atomic mass is 35.5. The third-order valence-corrected chi connectivity index (χ3v) is 6.79. The molecule has 0 spiro atoms. The van der Waals surface area contributed by atoms with Crippen molar-refractivity contribution in [2.24, 2.45) is 0 Å². The van der Waals surface area contributed by atoms with Gasteiger partial charge in [-0.05, 0) is 48.6 Å². The highest BCUT2D eigenvalue weighted by molar-refractivity contribution is 6.35. The monoisotopic (exact) mass is 524 g/mol. The largest absolute Gasteiger partial charge is 0.354 e. The van der Waals surface area contributed by atoms with Gasteiger partial charge in [0.2, 0.25) is 11.8 Å². The van der Waals surface area contributed by atoms with Crippen molar-refractivity contribution < 1.29 is 9.59 Å². The molecule has 0 aliphatic carbocycles. The molecule has 0 aliphatic heterocycles. The summed E-state index contributed by atoms with van der Waals surface area (Å²) in [7, 11) is 0. The molecule has 1 atom stereocenters. The summed E-state index contributed by atoms with van der Waals surface area (Å²) in [4.78, 5) is 28.8. The summed E-state index contributed by atoms with van der Waals surface area (Å²) in [6, 6.07) is 22.6. The summed E-state index contributed by atoms with van der Waals surface area (Å²) in [5.41, 5.74) is 4.01. The van der Waals surface area contributed by atoms with Crippen molar-refractivity contribution in [3.63, 3.8) is 0 Å². The van der Waals surface area contributed by atoms with Gasteiger partial charge >= 0.3 is 0 Å². The van der Waals surface area contributed by atoms with Crippen molar-refractivity contribution in [3.05, 3.63) is 105 Å². The van der Waals surface area contributed by atoms with Gasteiger partial charge in [0, 0.05) is 36.0 Å². The first-order valence-corrected chi connectivity index (χ1v) is 13.2. The van der Waals surface area contributed by atoms with E-state index in [1.165, 1.54) is 5.56 Å². The van der Waals surface area contributed by atoms with Crippen LogP contribution in [0.3, 0.4) is 0 Å². The van der Waals surface area contributed by atoms with Crippen molar-refractivity contribution in [1.29, 1.82) is 0 Å². The van der Waals surface area contributed by atoms with Crippen LogP contribution in [0.2, 0.25) is 10.0 Å². The average molecular weight is 526 g/mol. The van der Waals surface area contributed by atoms with Crippen LogP contribution in [-0.4, -0.2) is 29.3 Å². The van der Waals surface area contributed by atoms with E-state index >= 15 is 0 Å². The predicted octanol–water partition coefficient (Wildman–Crippen LogP) is 6.79. The number of carbonyl (C=O) groups is 2. The number of aryl methyl sites for hydroxylation is 2. The topological polar surface area (TPSA) is 49.4 Å². The van der Waals surface area contributed by atoms with Crippen LogP contribution in [-0.2, 0) is 29.0 Å². The Kier molecular flexibility index (Phi) is 10.8. The van der Waals surface area contributed by atoms with Crippen LogP contribution in [0.4, 0.5) is 0 Å². The van der Waals surface area contributed by atoms with E-state index in [1.807, 2.05) is 67.6 Å². The first-order valence-electron chi connectivity index (χ1n) is 12.5. The number of halogens is 2.